The number of hydrogen-bond acceptors (Lipinski definition) is 5. The molecule has 1 atom stereocenters. The molecule has 1 aromatic heterocycles. The van der Waals surface area contributed by atoms with Gasteiger partial charge >= 0.3 is 5.97 Å². The van der Waals surface area contributed by atoms with Crippen LogP contribution in [0.3, 0.4) is 0 Å². The minimum absolute atomic E-state index is 0.115. The van der Waals surface area contributed by atoms with Crippen LogP contribution in [0.4, 0.5) is 5.00 Å². The number of carbonyl (C=O) groups excluding carboxylic acids is 2. The molecule has 1 heterocycles. The van der Waals surface area contributed by atoms with E-state index in [1.807, 2.05) is 0 Å². The quantitative estimate of drug-likeness (QED) is 0.368. The molecule has 172 valence electrons. The molecule has 0 aliphatic heterocycles. The second kappa shape index (κ2) is 10.3. The molecule has 32 heavy (non-hydrogen) atoms. The first kappa shape index (κ1) is 24.7. The van der Waals surface area contributed by atoms with Gasteiger partial charge in [-0.25, -0.2) is 4.79 Å². The molecule has 0 bridgehead atoms. The van der Waals surface area contributed by atoms with E-state index in [9.17, 15) is 9.59 Å². The van der Waals surface area contributed by atoms with E-state index >= 15 is 0 Å². The van der Waals surface area contributed by atoms with Crippen molar-refractivity contribution < 1.29 is 14.3 Å². The van der Waals surface area contributed by atoms with Crippen LogP contribution in [0.15, 0.2) is 24.3 Å². The van der Waals surface area contributed by atoms with Crippen LogP contribution in [0.1, 0.15) is 71.7 Å². The number of amides is 1. The monoisotopic (exact) mass is 492 g/mol. The standard InChI is InChI=1S/C24H29ClN2O3S2/c1-5-24(3,4)14-11-12-16-18(13-14)32-21(19(16)22(29)30-6-2)27-23(31)26-20(28)15-9-7-8-10-17(15)25/h7-10,14H,5-6,11-13H2,1-4H3,(H2,26,27,28,31)/t14-/m0/s1. The Morgan fingerprint density at radius 1 is 1.28 bits per heavy atom. The maximum absolute atomic E-state index is 12.8. The highest BCUT2D eigenvalue weighted by atomic mass is 35.5. The fourth-order valence-electron chi connectivity index (χ4n) is 4.00. The van der Waals surface area contributed by atoms with Crippen LogP contribution in [0.25, 0.3) is 0 Å². The predicted molar refractivity (Wildman–Crippen MR) is 135 cm³/mol. The van der Waals surface area contributed by atoms with Crippen LogP contribution in [-0.2, 0) is 17.6 Å². The smallest absolute Gasteiger partial charge is 0.341 e. The zero-order chi connectivity index (χ0) is 23.5. The third-order valence-electron chi connectivity index (χ3n) is 6.33. The lowest BCUT2D eigenvalue weighted by Crippen LogP contribution is -2.34. The van der Waals surface area contributed by atoms with Gasteiger partial charge in [0.15, 0.2) is 5.11 Å². The molecule has 0 unspecified atom stereocenters. The maximum atomic E-state index is 12.8. The number of anilines is 1. The molecule has 0 fully saturated rings. The van der Waals surface area contributed by atoms with Crippen LogP contribution in [0, 0.1) is 11.3 Å². The highest BCUT2D eigenvalue weighted by molar-refractivity contribution is 7.80. The predicted octanol–water partition coefficient (Wildman–Crippen LogP) is 6.25. The van der Waals surface area contributed by atoms with Crippen LogP contribution >= 0.6 is 35.2 Å². The van der Waals surface area contributed by atoms with E-state index in [1.165, 1.54) is 16.2 Å². The molecule has 1 amide bonds. The van der Waals surface area contributed by atoms with Gasteiger partial charge in [0.25, 0.3) is 5.91 Å². The van der Waals surface area contributed by atoms with Crippen molar-refractivity contribution in [3.63, 3.8) is 0 Å². The summed E-state index contributed by atoms with van der Waals surface area (Å²) in [6.07, 6.45) is 3.89. The minimum atomic E-state index is -0.406. The van der Waals surface area contributed by atoms with Gasteiger partial charge in [0, 0.05) is 4.88 Å². The van der Waals surface area contributed by atoms with Crippen molar-refractivity contribution in [3.8, 4) is 0 Å². The Labute approximate surface area is 203 Å². The summed E-state index contributed by atoms with van der Waals surface area (Å²) in [4.78, 5) is 26.5. The zero-order valence-corrected chi connectivity index (χ0v) is 21.2. The lowest BCUT2D eigenvalue weighted by atomic mass is 9.69. The number of esters is 1. The van der Waals surface area contributed by atoms with Crippen molar-refractivity contribution in [2.45, 2.75) is 53.4 Å². The molecule has 1 aliphatic rings. The molecule has 0 radical (unpaired) electrons. The largest absolute Gasteiger partial charge is 0.462 e. The Morgan fingerprint density at radius 3 is 2.66 bits per heavy atom. The Kier molecular flexibility index (Phi) is 7.96. The average molecular weight is 493 g/mol. The van der Waals surface area contributed by atoms with E-state index in [-0.39, 0.29) is 16.5 Å². The third-order valence-corrected chi connectivity index (χ3v) is 8.04. The lowest BCUT2D eigenvalue weighted by Gasteiger charge is -2.36. The highest BCUT2D eigenvalue weighted by Gasteiger charge is 2.35. The number of thiocarbonyl (C=S) groups is 1. The summed E-state index contributed by atoms with van der Waals surface area (Å²) in [6, 6.07) is 6.76. The molecule has 1 aromatic carbocycles. The summed E-state index contributed by atoms with van der Waals surface area (Å²) in [5.74, 6) is -0.216. The van der Waals surface area contributed by atoms with Crippen molar-refractivity contribution >= 4 is 57.1 Å². The zero-order valence-electron chi connectivity index (χ0n) is 18.8. The summed E-state index contributed by atoms with van der Waals surface area (Å²) in [6.45, 7) is 8.92. The summed E-state index contributed by atoms with van der Waals surface area (Å²) in [7, 11) is 0. The Balaban J connectivity index is 1.84. The van der Waals surface area contributed by atoms with E-state index < -0.39 is 5.91 Å². The van der Waals surface area contributed by atoms with Gasteiger partial charge in [0.1, 0.15) is 5.00 Å². The van der Waals surface area contributed by atoms with Crippen molar-refractivity contribution in [2.75, 3.05) is 11.9 Å². The van der Waals surface area contributed by atoms with E-state index in [2.05, 4.69) is 31.4 Å². The number of benzene rings is 1. The first-order chi connectivity index (χ1) is 15.2. The number of thiophene rings is 1. The molecule has 2 N–H and O–H groups in total. The normalized spacial score (nSPS) is 15.6. The molecule has 2 aromatic rings. The second-order valence-corrected chi connectivity index (χ2v) is 10.5. The summed E-state index contributed by atoms with van der Waals surface area (Å²) >= 11 is 13.0. The van der Waals surface area contributed by atoms with Gasteiger partial charge in [-0.2, -0.15) is 0 Å². The van der Waals surface area contributed by atoms with Gasteiger partial charge in [0.05, 0.1) is 22.8 Å². The first-order valence-corrected chi connectivity index (χ1v) is 12.5. The topological polar surface area (TPSA) is 67.4 Å². The number of hydrogen-bond donors (Lipinski definition) is 2. The van der Waals surface area contributed by atoms with Crippen molar-refractivity contribution in [3.05, 3.63) is 50.9 Å². The van der Waals surface area contributed by atoms with Crippen LogP contribution in [0.2, 0.25) is 5.02 Å². The second-order valence-electron chi connectivity index (χ2n) is 8.60. The fraction of sp³-hybridized carbons (Fsp3) is 0.458. The molecule has 5 nitrogen and oxygen atoms in total. The number of rotatable bonds is 6. The van der Waals surface area contributed by atoms with Crippen LogP contribution in [-0.4, -0.2) is 23.6 Å². The fourth-order valence-corrected chi connectivity index (χ4v) is 5.80. The molecule has 0 saturated heterocycles. The Hall–Kier alpha value is -1.96. The SMILES string of the molecule is CCOC(=O)c1c(NC(=S)NC(=O)c2ccccc2Cl)sc2c1CC[C@H](C(C)(C)CC)C2. The van der Waals surface area contributed by atoms with Gasteiger partial charge in [-0.1, -0.05) is 50.9 Å². The van der Waals surface area contributed by atoms with E-state index in [4.69, 9.17) is 28.6 Å². The molecular weight excluding hydrogens is 464 g/mol. The molecule has 0 saturated carbocycles. The first-order valence-electron chi connectivity index (χ1n) is 10.9. The van der Waals surface area contributed by atoms with Gasteiger partial charge in [0.2, 0.25) is 0 Å². The van der Waals surface area contributed by atoms with Crippen molar-refractivity contribution in [2.24, 2.45) is 11.3 Å². The minimum Gasteiger partial charge on any atom is -0.462 e. The molecular formula is C24H29ClN2O3S2. The summed E-state index contributed by atoms with van der Waals surface area (Å²) in [5, 5.41) is 6.80. The van der Waals surface area contributed by atoms with Gasteiger partial charge in [-0.3, -0.25) is 10.1 Å². The Bertz CT molecular complexity index is 1030. The number of ether oxygens (including phenoxy) is 1. The van der Waals surface area contributed by atoms with Crippen LogP contribution in [0.5, 0.6) is 0 Å². The maximum Gasteiger partial charge on any atom is 0.341 e. The average Bonchev–Trinajstić information content (AvgIpc) is 3.10. The van der Waals surface area contributed by atoms with E-state index in [0.717, 1.165) is 31.2 Å². The van der Waals surface area contributed by atoms with E-state index in [0.29, 0.717) is 33.7 Å². The van der Waals surface area contributed by atoms with Crippen molar-refractivity contribution in [1.82, 2.24) is 5.32 Å². The van der Waals surface area contributed by atoms with Gasteiger partial charge in [-0.05, 0) is 67.4 Å². The molecule has 3 rings (SSSR count). The highest BCUT2D eigenvalue weighted by Crippen LogP contribution is 2.45. The lowest BCUT2D eigenvalue weighted by molar-refractivity contribution is 0.0526. The summed E-state index contributed by atoms with van der Waals surface area (Å²) < 4.78 is 5.34. The summed E-state index contributed by atoms with van der Waals surface area (Å²) in [5.41, 5.74) is 2.14. The number of carbonyl (C=O) groups is 2. The molecule has 8 heteroatoms. The van der Waals surface area contributed by atoms with Gasteiger partial charge in [-0.15, -0.1) is 11.3 Å². The third kappa shape index (κ3) is 5.33. The number of halogens is 1. The number of nitrogens with one attached hydrogen (secondary N) is 2. The van der Waals surface area contributed by atoms with Gasteiger partial charge < -0.3 is 10.1 Å². The van der Waals surface area contributed by atoms with E-state index in [1.54, 1.807) is 31.2 Å². The van der Waals surface area contributed by atoms with Crippen LogP contribution < -0.4 is 10.6 Å². The Morgan fingerprint density at radius 2 is 2.00 bits per heavy atom. The number of fused-ring (bicyclic) bond motifs is 1. The van der Waals surface area contributed by atoms with Crippen molar-refractivity contribution in [1.29, 1.82) is 0 Å². The molecule has 0 spiro atoms. The molecule has 1 aliphatic carbocycles.